The summed E-state index contributed by atoms with van der Waals surface area (Å²) in [6.45, 7) is 4.93. The number of amides is 1. The monoisotopic (exact) mass is 278 g/mol. The first-order valence-electron chi connectivity index (χ1n) is 6.88. The van der Waals surface area contributed by atoms with Crippen molar-refractivity contribution in [3.8, 4) is 0 Å². The number of carbonyl (C=O) groups is 1. The van der Waals surface area contributed by atoms with E-state index in [0.717, 1.165) is 19.4 Å². The Hall–Kier alpha value is -1.00. The van der Waals surface area contributed by atoms with Crippen LogP contribution in [-0.4, -0.2) is 29.6 Å². The van der Waals surface area contributed by atoms with Crippen LogP contribution in [-0.2, 0) is 4.79 Å². The van der Waals surface area contributed by atoms with Crippen LogP contribution in [0.15, 0.2) is 29.2 Å². The van der Waals surface area contributed by atoms with Gasteiger partial charge in [-0.15, -0.1) is 11.8 Å². The van der Waals surface area contributed by atoms with Gasteiger partial charge in [0.25, 0.3) is 0 Å². The van der Waals surface area contributed by atoms with Crippen LogP contribution in [0.2, 0.25) is 0 Å². The molecule has 1 aliphatic heterocycles. The molecule has 2 rings (SSSR count). The number of unbranched alkanes of at least 4 members (excludes halogenated alkanes) is 1. The standard InChI is InChI=1S/C15H22N2OS/c1-4-5-10-17-14(16-11(2)15(17)18)12-6-8-13(19-3)9-7-12/h6-9,11,14,16H,4-5,10H2,1-3H3. The number of carbonyl (C=O) groups excluding carboxylic acids is 1. The predicted octanol–water partition coefficient (Wildman–Crippen LogP) is 3.03. The molecule has 3 nitrogen and oxygen atoms in total. The number of hydrogen-bond donors (Lipinski definition) is 1. The largest absolute Gasteiger partial charge is 0.322 e. The van der Waals surface area contributed by atoms with E-state index >= 15 is 0 Å². The molecule has 2 atom stereocenters. The van der Waals surface area contributed by atoms with Gasteiger partial charge in [-0.25, -0.2) is 0 Å². The van der Waals surface area contributed by atoms with Gasteiger partial charge in [0.15, 0.2) is 0 Å². The van der Waals surface area contributed by atoms with Gasteiger partial charge in [-0.3, -0.25) is 10.1 Å². The van der Waals surface area contributed by atoms with Crippen LogP contribution >= 0.6 is 11.8 Å². The summed E-state index contributed by atoms with van der Waals surface area (Å²) < 4.78 is 0. The zero-order valence-electron chi connectivity index (χ0n) is 11.8. The summed E-state index contributed by atoms with van der Waals surface area (Å²) in [6, 6.07) is 8.39. The summed E-state index contributed by atoms with van der Waals surface area (Å²) in [5, 5.41) is 3.39. The lowest BCUT2D eigenvalue weighted by molar-refractivity contribution is -0.129. The lowest BCUT2D eigenvalue weighted by Gasteiger charge is -2.24. The molecule has 19 heavy (non-hydrogen) atoms. The SMILES string of the molecule is CCCCN1C(=O)C(C)NC1c1ccc(SC)cc1. The van der Waals surface area contributed by atoms with Crippen molar-refractivity contribution in [1.29, 1.82) is 0 Å². The molecule has 1 saturated heterocycles. The van der Waals surface area contributed by atoms with Crippen LogP contribution in [0.1, 0.15) is 38.4 Å². The third-order valence-corrected chi connectivity index (χ3v) is 4.30. The van der Waals surface area contributed by atoms with Crippen LogP contribution in [0.3, 0.4) is 0 Å². The Balaban J connectivity index is 2.17. The summed E-state index contributed by atoms with van der Waals surface area (Å²) in [5.74, 6) is 0.215. The average molecular weight is 278 g/mol. The van der Waals surface area contributed by atoms with Gasteiger partial charge in [-0.05, 0) is 37.3 Å². The Morgan fingerprint density at radius 1 is 1.32 bits per heavy atom. The van der Waals surface area contributed by atoms with Gasteiger partial charge in [0.2, 0.25) is 5.91 Å². The number of hydrogen-bond acceptors (Lipinski definition) is 3. The molecule has 1 aromatic rings. The molecule has 0 radical (unpaired) electrons. The second kappa shape index (κ2) is 6.44. The van der Waals surface area contributed by atoms with E-state index in [9.17, 15) is 4.79 Å². The first-order valence-corrected chi connectivity index (χ1v) is 8.10. The molecule has 0 aliphatic carbocycles. The van der Waals surface area contributed by atoms with Crippen molar-refractivity contribution in [3.05, 3.63) is 29.8 Å². The van der Waals surface area contributed by atoms with Gasteiger partial charge in [0, 0.05) is 11.4 Å². The van der Waals surface area contributed by atoms with E-state index in [1.54, 1.807) is 11.8 Å². The molecule has 1 aromatic carbocycles. The number of nitrogens with zero attached hydrogens (tertiary/aromatic N) is 1. The van der Waals surface area contributed by atoms with E-state index in [-0.39, 0.29) is 18.1 Å². The first kappa shape index (κ1) is 14.4. The van der Waals surface area contributed by atoms with Crippen molar-refractivity contribution in [1.82, 2.24) is 10.2 Å². The topological polar surface area (TPSA) is 32.3 Å². The van der Waals surface area contributed by atoms with E-state index in [4.69, 9.17) is 0 Å². The van der Waals surface area contributed by atoms with Crippen LogP contribution in [0, 0.1) is 0 Å². The van der Waals surface area contributed by atoms with E-state index in [2.05, 4.69) is 42.8 Å². The first-order chi connectivity index (χ1) is 9.17. The van der Waals surface area contributed by atoms with Gasteiger partial charge in [-0.2, -0.15) is 0 Å². The highest BCUT2D eigenvalue weighted by Crippen LogP contribution is 2.27. The van der Waals surface area contributed by atoms with Crippen LogP contribution < -0.4 is 5.32 Å². The third-order valence-electron chi connectivity index (χ3n) is 3.56. The molecular formula is C15H22N2OS. The molecule has 1 amide bonds. The second-order valence-electron chi connectivity index (χ2n) is 4.95. The Labute approximate surface area is 119 Å². The van der Waals surface area contributed by atoms with Gasteiger partial charge >= 0.3 is 0 Å². The quantitative estimate of drug-likeness (QED) is 0.840. The van der Waals surface area contributed by atoms with Crippen molar-refractivity contribution in [2.45, 2.75) is 43.8 Å². The van der Waals surface area contributed by atoms with Gasteiger partial charge in [-0.1, -0.05) is 25.5 Å². The highest BCUT2D eigenvalue weighted by atomic mass is 32.2. The fourth-order valence-electron chi connectivity index (χ4n) is 2.40. The van der Waals surface area contributed by atoms with Crippen molar-refractivity contribution < 1.29 is 4.79 Å². The van der Waals surface area contributed by atoms with Crippen LogP contribution in [0.4, 0.5) is 0 Å². The molecule has 0 aromatic heterocycles. The molecular weight excluding hydrogens is 256 g/mol. The highest BCUT2D eigenvalue weighted by molar-refractivity contribution is 7.98. The van der Waals surface area contributed by atoms with E-state index in [0.29, 0.717) is 0 Å². The molecule has 1 heterocycles. The minimum Gasteiger partial charge on any atom is -0.322 e. The molecule has 0 saturated carbocycles. The van der Waals surface area contributed by atoms with Crippen molar-refractivity contribution >= 4 is 17.7 Å². The normalized spacial score (nSPS) is 23.1. The van der Waals surface area contributed by atoms with E-state index in [1.165, 1.54) is 10.5 Å². The Morgan fingerprint density at radius 3 is 2.58 bits per heavy atom. The molecule has 4 heteroatoms. The maximum absolute atomic E-state index is 12.2. The number of thioether (sulfide) groups is 1. The van der Waals surface area contributed by atoms with E-state index < -0.39 is 0 Å². The Morgan fingerprint density at radius 2 is 2.00 bits per heavy atom. The predicted molar refractivity (Wildman–Crippen MR) is 80.2 cm³/mol. The Bertz CT molecular complexity index is 432. The molecule has 104 valence electrons. The fraction of sp³-hybridized carbons (Fsp3) is 0.533. The molecule has 1 aliphatic rings. The minimum atomic E-state index is -0.0814. The van der Waals surface area contributed by atoms with Crippen molar-refractivity contribution in [3.63, 3.8) is 0 Å². The molecule has 2 unspecified atom stereocenters. The smallest absolute Gasteiger partial charge is 0.241 e. The second-order valence-corrected chi connectivity index (χ2v) is 5.83. The summed E-state index contributed by atoms with van der Waals surface area (Å²) >= 11 is 1.73. The lowest BCUT2D eigenvalue weighted by atomic mass is 10.1. The maximum Gasteiger partial charge on any atom is 0.241 e. The zero-order valence-corrected chi connectivity index (χ0v) is 12.7. The number of benzene rings is 1. The maximum atomic E-state index is 12.2. The number of rotatable bonds is 5. The Kier molecular flexibility index (Phi) is 4.88. The summed E-state index contributed by atoms with van der Waals surface area (Å²) in [5.41, 5.74) is 1.17. The summed E-state index contributed by atoms with van der Waals surface area (Å²) in [6.07, 6.45) is 4.27. The average Bonchev–Trinajstić information content (AvgIpc) is 2.73. The molecule has 1 fully saturated rings. The lowest BCUT2D eigenvalue weighted by Crippen LogP contribution is -2.31. The van der Waals surface area contributed by atoms with Crippen molar-refractivity contribution in [2.24, 2.45) is 0 Å². The van der Waals surface area contributed by atoms with Crippen LogP contribution in [0.5, 0.6) is 0 Å². The van der Waals surface area contributed by atoms with Gasteiger partial charge in [0.1, 0.15) is 6.17 Å². The van der Waals surface area contributed by atoms with Gasteiger partial charge in [0.05, 0.1) is 6.04 Å². The molecule has 0 bridgehead atoms. The fourth-order valence-corrected chi connectivity index (χ4v) is 2.81. The summed E-state index contributed by atoms with van der Waals surface area (Å²) in [4.78, 5) is 15.4. The number of nitrogens with one attached hydrogen (secondary N) is 1. The summed E-state index contributed by atoms with van der Waals surface area (Å²) in [7, 11) is 0. The van der Waals surface area contributed by atoms with Gasteiger partial charge < -0.3 is 4.90 Å². The van der Waals surface area contributed by atoms with E-state index in [1.807, 2.05) is 11.8 Å². The molecule has 1 N–H and O–H groups in total. The zero-order chi connectivity index (χ0) is 13.8. The molecule has 0 spiro atoms. The minimum absolute atomic E-state index is 0.0324. The highest BCUT2D eigenvalue weighted by Gasteiger charge is 2.36. The van der Waals surface area contributed by atoms with Crippen LogP contribution in [0.25, 0.3) is 0 Å². The van der Waals surface area contributed by atoms with Crippen molar-refractivity contribution in [2.75, 3.05) is 12.8 Å². The third kappa shape index (κ3) is 3.12.